The highest BCUT2D eigenvalue weighted by atomic mass is 35.5. The zero-order valence-corrected chi connectivity index (χ0v) is 15.5. The minimum absolute atomic E-state index is 0.206. The number of amides is 1. The van der Waals surface area contributed by atoms with E-state index >= 15 is 0 Å². The average Bonchev–Trinajstić information content (AvgIpc) is 2.72. The Kier molecular flexibility index (Phi) is 6.01. The molecule has 28 heavy (non-hydrogen) atoms. The summed E-state index contributed by atoms with van der Waals surface area (Å²) < 4.78 is 0. The third-order valence-corrected chi connectivity index (χ3v) is 4.30. The molecule has 0 heterocycles. The maximum absolute atomic E-state index is 12.4. The highest BCUT2D eigenvalue weighted by molar-refractivity contribution is 6.34. The first-order chi connectivity index (χ1) is 13.6. The molecule has 0 bridgehead atoms. The van der Waals surface area contributed by atoms with Crippen molar-refractivity contribution in [3.8, 4) is 6.07 Å². The molecule has 0 aromatic heterocycles. The Bertz CT molecular complexity index is 1110. The lowest BCUT2D eigenvalue weighted by atomic mass is 10.1. The van der Waals surface area contributed by atoms with Gasteiger partial charge in [0.15, 0.2) is 5.78 Å². The van der Waals surface area contributed by atoms with E-state index in [4.69, 9.17) is 16.9 Å². The van der Waals surface area contributed by atoms with E-state index in [-0.39, 0.29) is 11.7 Å². The van der Waals surface area contributed by atoms with E-state index < -0.39 is 0 Å². The van der Waals surface area contributed by atoms with Crippen molar-refractivity contribution >= 4 is 35.1 Å². The molecular formula is C23H15ClN2O2. The fourth-order valence-corrected chi connectivity index (χ4v) is 2.80. The van der Waals surface area contributed by atoms with Crippen molar-refractivity contribution in [2.24, 2.45) is 0 Å². The molecule has 136 valence electrons. The molecule has 3 rings (SSSR count). The molecule has 0 unspecified atom stereocenters. The van der Waals surface area contributed by atoms with Gasteiger partial charge in [0.25, 0.3) is 5.91 Å². The molecule has 3 aromatic carbocycles. The van der Waals surface area contributed by atoms with Crippen LogP contribution in [0.3, 0.4) is 0 Å². The number of ketones is 1. The second-order valence-corrected chi connectivity index (χ2v) is 6.36. The van der Waals surface area contributed by atoms with Crippen molar-refractivity contribution in [3.05, 3.63) is 106 Å². The van der Waals surface area contributed by atoms with Crippen LogP contribution < -0.4 is 5.32 Å². The van der Waals surface area contributed by atoms with Crippen molar-refractivity contribution in [3.63, 3.8) is 0 Å². The summed E-state index contributed by atoms with van der Waals surface area (Å²) in [6.45, 7) is 0. The Balaban J connectivity index is 1.73. The molecular weight excluding hydrogens is 372 g/mol. The van der Waals surface area contributed by atoms with Crippen molar-refractivity contribution in [1.82, 2.24) is 0 Å². The molecule has 0 fully saturated rings. The third-order valence-electron chi connectivity index (χ3n) is 3.97. The number of nitrogens with zero attached hydrogens (tertiary/aromatic N) is 1. The normalized spacial score (nSPS) is 10.4. The lowest BCUT2D eigenvalue weighted by Gasteiger charge is -2.07. The van der Waals surface area contributed by atoms with Crippen LogP contribution in [0.15, 0.2) is 78.9 Å². The summed E-state index contributed by atoms with van der Waals surface area (Å²) in [4.78, 5) is 24.7. The first-order valence-corrected chi connectivity index (χ1v) is 8.83. The number of nitriles is 1. The van der Waals surface area contributed by atoms with E-state index in [1.165, 1.54) is 6.08 Å². The van der Waals surface area contributed by atoms with Gasteiger partial charge in [-0.15, -0.1) is 0 Å². The molecule has 3 aromatic rings. The summed E-state index contributed by atoms with van der Waals surface area (Å²) in [6.07, 6.45) is 3.10. The van der Waals surface area contributed by atoms with Crippen LogP contribution in [-0.2, 0) is 0 Å². The first-order valence-electron chi connectivity index (χ1n) is 8.45. The van der Waals surface area contributed by atoms with Crippen LogP contribution in [0.5, 0.6) is 0 Å². The quantitative estimate of drug-likeness (QED) is 0.474. The van der Waals surface area contributed by atoms with Gasteiger partial charge in [0.05, 0.1) is 22.2 Å². The highest BCUT2D eigenvalue weighted by Gasteiger charge is 2.09. The molecule has 5 heteroatoms. The molecule has 0 spiro atoms. The lowest BCUT2D eigenvalue weighted by Crippen LogP contribution is -2.12. The van der Waals surface area contributed by atoms with Gasteiger partial charge in [-0.3, -0.25) is 9.59 Å². The van der Waals surface area contributed by atoms with Crippen molar-refractivity contribution in [1.29, 1.82) is 5.26 Å². The summed E-state index contributed by atoms with van der Waals surface area (Å²) in [5.41, 5.74) is 2.60. The number of rotatable bonds is 5. The topological polar surface area (TPSA) is 70.0 Å². The molecule has 0 radical (unpaired) electrons. The predicted octanol–water partition coefficient (Wildman–Crippen LogP) is 5.36. The summed E-state index contributed by atoms with van der Waals surface area (Å²) in [5, 5.41) is 12.1. The maximum atomic E-state index is 12.4. The number of hydrogen-bond donors (Lipinski definition) is 1. The molecule has 0 saturated heterocycles. The van der Waals surface area contributed by atoms with Crippen LogP contribution in [0, 0.1) is 11.3 Å². The van der Waals surface area contributed by atoms with Gasteiger partial charge < -0.3 is 5.32 Å². The fourth-order valence-electron chi connectivity index (χ4n) is 2.57. The number of benzene rings is 3. The van der Waals surface area contributed by atoms with E-state index in [0.717, 1.165) is 5.56 Å². The van der Waals surface area contributed by atoms with Gasteiger partial charge in [-0.25, -0.2) is 0 Å². The van der Waals surface area contributed by atoms with Gasteiger partial charge in [-0.1, -0.05) is 54.1 Å². The van der Waals surface area contributed by atoms with Crippen LogP contribution in [0.2, 0.25) is 5.02 Å². The zero-order chi connectivity index (χ0) is 19.9. The summed E-state index contributed by atoms with van der Waals surface area (Å²) in [7, 11) is 0. The summed E-state index contributed by atoms with van der Waals surface area (Å²) >= 11 is 6.05. The summed E-state index contributed by atoms with van der Waals surface area (Å²) in [6, 6.07) is 22.5. The number of hydrogen-bond acceptors (Lipinski definition) is 3. The third kappa shape index (κ3) is 4.73. The highest BCUT2D eigenvalue weighted by Crippen LogP contribution is 2.18. The molecule has 0 saturated carbocycles. The largest absolute Gasteiger partial charge is 0.322 e. The Morgan fingerprint density at radius 1 is 0.964 bits per heavy atom. The van der Waals surface area contributed by atoms with Crippen LogP contribution in [0.25, 0.3) is 6.08 Å². The van der Waals surface area contributed by atoms with Crippen LogP contribution >= 0.6 is 11.6 Å². The Morgan fingerprint density at radius 3 is 2.54 bits per heavy atom. The van der Waals surface area contributed by atoms with Crippen LogP contribution in [0.1, 0.15) is 31.8 Å². The average molecular weight is 387 g/mol. The van der Waals surface area contributed by atoms with Gasteiger partial charge >= 0.3 is 0 Å². The first kappa shape index (κ1) is 19.1. The van der Waals surface area contributed by atoms with Crippen molar-refractivity contribution in [2.75, 3.05) is 5.32 Å². The molecule has 0 aliphatic carbocycles. The Labute approximate surface area is 167 Å². The molecule has 4 nitrogen and oxygen atoms in total. The molecule has 1 amide bonds. The lowest BCUT2D eigenvalue weighted by molar-refractivity contribution is 0.102. The zero-order valence-electron chi connectivity index (χ0n) is 14.7. The number of carbonyl (C=O) groups excluding carboxylic acids is 2. The second kappa shape index (κ2) is 8.81. The van der Waals surface area contributed by atoms with Crippen molar-refractivity contribution in [2.45, 2.75) is 0 Å². The minimum atomic E-state index is -0.309. The van der Waals surface area contributed by atoms with Gasteiger partial charge in [-0.2, -0.15) is 5.26 Å². The summed E-state index contributed by atoms with van der Waals surface area (Å²) in [5.74, 6) is -0.515. The van der Waals surface area contributed by atoms with E-state index in [2.05, 4.69) is 5.32 Å². The molecule has 1 N–H and O–H groups in total. The SMILES string of the molecule is N#Cc1cccc(C(=O)/C=C/c2cccc(NC(=O)c3ccccc3Cl)c2)c1. The minimum Gasteiger partial charge on any atom is -0.322 e. The van der Waals surface area contributed by atoms with Gasteiger partial charge in [-0.05, 0) is 48.0 Å². The number of allylic oxidation sites excluding steroid dienone is 1. The number of carbonyl (C=O) groups is 2. The Morgan fingerprint density at radius 2 is 1.75 bits per heavy atom. The van der Waals surface area contributed by atoms with Gasteiger partial charge in [0.2, 0.25) is 0 Å². The van der Waals surface area contributed by atoms with Crippen LogP contribution in [-0.4, -0.2) is 11.7 Å². The van der Waals surface area contributed by atoms with Gasteiger partial charge in [0, 0.05) is 11.3 Å². The number of halogens is 1. The molecule has 0 aliphatic rings. The van der Waals surface area contributed by atoms with Crippen molar-refractivity contribution < 1.29 is 9.59 Å². The number of nitrogens with one attached hydrogen (secondary N) is 1. The fraction of sp³-hybridized carbons (Fsp3) is 0. The smallest absolute Gasteiger partial charge is 0.257 e. The second-order valence-electron chi connectivity index (χ2n) is 5.95. The van der Waals surface area contributed by atoms with E-state index in [0.29, 0.717) is 27.4 Å². The molecule has 0 aliphatic heterocycles. The maximum Gasteiger partial charge on any atom is 0.257 e. The number of anilines is 1. The predicted molar refractivity (Wildman–Crippen MR) is 110 cm³/mol. The van der Waals surface area contributed by atoms with E-state index in [1.807, 2.05) is 12.1 Å². The van der Waals surface area contributed by atoms with Crippen LogP contribution in [0.4, 0.5) is 5.69 Å². The van der Waals surface area contributed by atoms with E-state index in [1.54, 1.807) is 72.8 Å². The van der Waals surface area contributed by atoms with Gasteiger partial charge in [0.1, 0.15) is 0 Å². The molecule has 0 atom stereocenters. The standard InChI is InChI=1S/C23H15ClN2O2/c24-21-10-2-1-9-20(21)23(28)26-19-8-4-5-16(14-19)11-12-22(27)18-7-3-6-17(13-18)15-25/h1-14H,(H,26,28)/b12-11+. The Hall–Kier alpha value is -3.68. The van der Waals surface area contributed by atoms with E-state index in [9.17, 15) is 9.59 Å². The monoisotopic (exact) mass is 386 g/mol.